The Morgan fingerprint density at radius 2 is 1.81 bits per heavy atom. The van der Waals surface area contributed by atoms with Gasteiger partial charge >= 0.3 is 7.12 Å². The molecule has 0 amide bonds. The molecule has 0 aliphatic heterocycles. The molecule has 0 saturated heterocycles. The number of hydrogen-bond acceptors (Lipinski definition) is 4. The van der Waals surface area contributed by atoms with Crippen molar-refractivity contribution in [3.05, 3.63) is 42.7 Å². The van der Waals surface area contributed by atoms with Crippen LogP contribution in [0.1, 0.15) is 27.7 Å². The van der Waals surface area contributed by atoms with Crippen molar-refractivity contribution < 1.29 is 19.2 Å². The van der Waals surface area contributed by atoms with Crippen LogP contribution in [0.3, 0.4) is 0 Å². The van der Waals surface area contributed by atoms with Crippen LogP contribution in [-0.2, 0) is 4.65 Å². The van der Waals surface area contributed by atoms with E-state index in [0.29, 0.717) is 5.46 Å². The van der Waals surface area contributed by atoms with Gasteiger partial charge in [-0.05, 0) is 45.3 Å². The molecule has 0 saturated carbocycles. The Hall–Kier alpha value is -1.56. The van der Waals surface area contributed by atoms with Crippen LogP contribution in [-0.4, -0.2) is 28.5 Å². The average molecular weight is 288 g/mol. The third-order valence-electron chi connectivity index (χ3n) is 3.86. The summed E-state index contributed by atoms with van der Waals surface area (Å²) in [5, 5.41) is 20.4. The summed E-state index contributed by atoms with van der Waals surface area (Å²) in [6.07, 6.45) is 1.60. The number of benzene rings is 1. The highest BCUT2D eigenvalue weighted by Crippen LogP contribution is 2.25. The molecule has 1 aromatic heterocycles. The number of aliphatic hydroxyl groups is 1. The van der Waals surface area contributed by atoms with E-state index in [2.05, 4.69) is 0 Å². The zero-order chi connectivity index (χ0) is 15.7. The van der Waals surface area contributed by atoms with Crippen molar-refractivity contribution in [1.29, 1.82) is 0 Å². The van der Waals surface area contributed by atoms with Crippen molar-refractivity contribution in [2.45, 2.75) is 38.9 Å². The van der Waals surface area contributed by atoms with Gasteiger partial charge in [-0.15, -0.1) is 0 Å². The minimum Gasteiger partial charge on any atom is -0.464 e. The van der Waals surface area contributed by atoms with Crippen molar-refractivity contribution in [3.8, 4) is 11.3 Å². The molecule has 0 aliphatic carbocycles. The van der Waals surface area contributed by atoms with Gasteiger partial charge in [-0.3, -0.25) is 0 Å². The molecule has 21 heavy (non-hydrogen) atoms. The van der Waals surface area contributed by atoms with Gasteiger partial charge in [-0.25, -0.2) is 0 Å². The molecule has 4 nitrogen and oxygen atoms in total. The molecule has 0 spiro atoms. The second kappa shape index (κ2) is 5.68. The SMILES string of the molecule is CC(C)(O)C(C)(C)OB(O)c1cccc(-c2ccco2)c1. The van der Waals surface area contributed by atoms with E-state index >= 15 is 0 Å². The lowest BCUT2D eigenvalue weighted by Gasteiger charge is -2.38. The van der Waals surface area contributed by atoms with Crippen molar-refractivity contribution in [2.24, 2.45) is 0 Å². The van der Waals surface area contributed by atoms with E-state index in [-0.39, 0.29) is 0 Å². The highest BCUT2D eigenvalue weighted by atomic mass is 16.5. The maximum atomic E-state index is 10.3. The summed E-state index contributed by atoms with van der Waals surface area (Å²) in [5.41, 5.74) is -0.498. The molecule has 2 rings (SSSR count). The second-order valence-electron chi connectivity index (χ2n) is 6.14. The van der Waals surface area contributed by atoms with Crippen molar-refractivity contribution in [1.82, 2.24) is 0 Å². The topological polar surface area (TPSA) is 62.8 Å². The summed E-state index contributed by atoms with van der Waals surface area (Å²) < 4.78 is 11.0. The molecule has 0 unspecified atom stereocenters. The molecule has 0 fully saturated rings. The van der Waals surface area contributed by atoms with Gasteiger partial charge in [-0.2, -0.15) is 0 Å². The Morgan fingerprint density at radius 1 is 1.10 bits per heavy atom. The average Bonchev–Trinajstić information content (AvgIpc) is 2.91. The first-order valence-electron chi connectivity index (χ1n) is 6.93. The van der Waals surface area contributed by atoms with Gasteiger partial charge in [0.05, 0.1) is 17.5 Å². The van der Waals surface area contributed by atoms with Crippen molar-refractivity contribution >= 4 is 12.6 Å². The maximum absolute atomic E-state index is 10.3. The first-order valence-corrected chi connectivity index (χ1v) is 6.93. The fourth-order valence-corrected chi connectivity index (χ4v) is 1.78. The first kappa shape index (κ1) is 15.8. The van der Waals surface area contributed by atoms with E-state index in [1.807, 2.05) is 30.3 Å². The molecular weight excluding hydrogens is 267 g/mol. The summed E-state index contributed by atoms with van der Waals surface area (Å²) in [5.74, 6) is 0.728. The van der Waals surface area contributed by atoms with E-state index in [4.69, 9.17) is 9.07 Å². The van der Waals surface area contributed by atoms with Crippen LogP contribution in [0.2, 0.25) is 0 Å². The highest BCUT2D eigenvalue weighted by molar-refractivity contribution is 6.60. The molecule has 2 N–H and O–H groups in total. The van der Waals surface area contributed by atoms with Gasteiger partial charge in [-0.1, -0.05) is 24.3 Å². The highest BCUT2D eigenvalue weighted by Gasteiger charge is 2.39. The fraction of sp³-hybridized carbons (Fsp3) is 0.375. The Kier molecular flexibility index (Phi) is 4.28. The zero-order valence-corrected chi connectivity index (χ0v) is 12.8. The number of hydrogen-bond donors (Lipinski definition) is 2. The number of rotatable bonds is 5. The van der Waals surface area contributed by atoms with Gasteiger partial charge in [0.15, 0.2) is 0 Å². The molecule has 5 heteroatoms. The Labute approximate surface area is 125 Å². The first-order chi connectivity index (χ1) is 9.71. The lowest BCUT2D eigenvalue weighted by molar-refractivity contribution is -0.0982. The molecule has 112 valence electrons. The summed E-state index contributed by atoms with van der Waals surface area (Å²) in [6.45, 7) is 6.79. The Bertz CT molecular complexity index is 585. The van der Waals surface area contributed by atoms with Crippen LogP contribution in [0, 0.1) is 0 Å². The third-order valence-corrected chi connectivity index (χ3v) is 3.86. The van der Waals surface area contributed by atoms with Crippen LogP contribution in [0.15, 0.2) is 47.1 Å². The van der Waals surface area contributed by atoms with Gasteiger partial charge in [0, 0.05) is 5.56 Å². The van der Waals surface area contributed by atoms with Gasteiger partial charge in [0.25, 0.3) is 0 Å². The normalized spacial score (nSPS) is 12.5. The van der Waals surface area contributed by atoms with E-state index in [1.54, 1.807) is 40.0 Å². The quantitative estimate of drug-likeness (QED) is 0.828. The molecular formula is C16H21BO4. The van der Waals surface area contributed by atoms with Crippen LogP contribution in [0.4, 0.5) is 0 Å². The standard InChI is InChI=1S/C16H21BO4/c1-15(2,18)16(3,4)21-17(19)13-8-5-7-12(11-13)14-9-6-10-20-14/h5-11,18-19H,1-4H3. The van der Waals surface area contributed by atoms with Crippen molar-refractivity contribution in [3.63, 3.8) is 0 Å². The summed E-state index contributed by atoms with van der Waals surface area (Å²) >= 11 is 0. The molecule has 2 aromatic rings. The van der Waals surface area contributed by atoms with Gasteiger partial charge in [0.1, 0.15) is 5.76 Å². The monoisotopic (exact) mass is 288 g/mol. The maximum Gasteiger partial charge on any atom is 0.491 e. The Morgan fingerprint density at radius 3 is 2.38 bits per heavy atom. The fourth-order valence-electron chi connectivity index (χ4n) is 1.78. The lowest BCUT2D eigenvalue weighted by Crippen LogP contribution is -2.53. The minimum atomic E-state index is -1.12. The van der Waals surface area contributed by atoms with Crippen LogP contribution >= 0.6 is 0 Å². The Balaban J connectivity index is 2.21. The predicted octanol–water partition coefficient (Wildman–Crippen LogP) is 2.20. The molecule has 0 bridgehead atoms. The summed E-state index contributed by atoms with van der Waals surface area (Å²) in [6, 6.07) is 11.0. The second-order valence-corrected chi connectivity index (χ2v) is 6.14. The van der Waals surface area contributed by atoms with E-state index in [1.165, 1.54) is 0 Å². The molecule has 1 heterocycles. The summed E-state index contributed by atoms with van der Waals surface area (Å²) in [4.78, 5) is 0. The minimum absolute atomic E-state index is 0.612. The predicted molar refractivity (Wildman–Crippen MR) is 83.2 cm³/mol. The lowest BCUT2D eigenvalue weighted by atomic mass is 9.76. The molecule has 0 atom stereocenters. The summed E-state index contributed by atoms with van der Waals surface area (Å²) in [7, 11) is -1.12. The molecule has 0 aliphatic rings. The van der Waals surface area contributed by atoms with Gasteiger partial charge < -0.3 is 19.2 Å². The largest absolute Gasteiger partial charge is 0.491 e. The number of furan rings is 1. The van der Waals surface area contributed by atoms with E-state index in [9.17, 15) is 10.1 Å². The van der Waals surface area contributed by atoms with Crippen LogP contribution in [0.5, 0.6) is 0 Å². The van der Waals surface area contributed by atoms with E-state index < -0.39 is 18.3 Å². The van der Waals surface area contributed by atoms with Crippen molar-refractivity contribution in [2.75, 3.05) is 0 Å². The van der Waals surface area contributed by atoms with Crippen LogP contribution in [0.25, 0.3) is 11.3 Å². The third kappa shape index (κ3) is 3.56. The molecule has 0 radical (unpaired) electrons. The zero-order valence-electron chi connectivity index (χ0n) is 12.8. The smallest absolute Gasteiger partial charge is 0.464 e. The van der Waals surface area contributed by atoms with Crippen LogP contribution < -0.4 is 5.46 Å². The van der Waals surface area contributed by atoms with E-state index in [0.717, 1.165) is 11.3 Å². The molecule has 1 aromatic carbocycles. The van der Waals surface area contributed by atoms with Gasteiger partial charge in [0.2, 0.25) is 0 Å².